The smallest absolute Gasteiger partial charge is 0.165 e. The van der Waals surface area contributed by atoms with Gasteiger partial charge in [0.15, 0.2) is 5.82 Å². The van der Waals surface area contributed by atoms with Crippen molar-refractivity contribution in [1.29, 1.82) is 0 Å². The van der Waals surface area contributed by atoms with Crippen molar-refractivity contribution in [3.05, 3.63) is 140 Å². The van der Waals surface area contributed by atoms with Gasteiger partial charge in [-0.3, -0.25) is 4.90 Å². The van der Waals surface area contributed by atoms with Crippen LogP contribution in [0.5, 0.6) is 0 Å². The molecule has 8 aromatic rings. The van der Waals surface area contributed by atoms with E-state index >= 15 is 0 Å². The van der Waals surface area contributed by atoms with Gasteiger partial charge in [0.25, 0.3) is 0 Å². The maximum atomic E-state index is 5.38. The number of nitrogens with zero attached hydrogens (tertiary/aromatic N) is 3. The fourth-order valence-electron chi connectivity index (χ4n) is 6.46. The molecule has 3 nitrogen and oxygen atoms in total. The molecule has 41 heavy (non-hydrogen) atoms. The van der Waals surface area contributed by atoms with Crippen molar-refractivity contribution >= 4 is 60.5 Å². The number of benzene rings is 7. The second-order valence-corrected chi connectivity index (χ2v) is 10.6. The molecule has 1 aromatic heterocycles. The van der Waals surface area contributed by atoms with Crippen molar-refractivity contribution < 1.29 is 0 Å². The number of anilines is 3. The second kappa shape index (κ2) is 8.48. The zero-order chi connectivity index (χ0) is 26.9. The van der Waals surface area contributed by atoms with Crippen LogP contribution in [-0.2, 0) is 0 Å². The Balaban J connectivity index is 1.45. The van der Waals surface area contributed by atoms with Crippen molar-refractivity contribution in [3.63, 3.8) is 0 Å². The SMILES string of the molecule is c1ccc2cc(-c3nc4ccccc4nc3N3c4c(ccc5ccccc45)-c4cccc5cccc3c45)ccc2c1. The summed E-state index contributed by atoms with van der Waals surface area (Å²) in [7, 11) is 0. The number of hydrogen-bond acceptors (Lipinski definition) is 3. The summed E-state index contributed by atoms with van der Waals surface area (Å²) in [6.07, 6.45) is 0. The van der Waals surface area contributed by atoms with Crippen LogP contribution in [-0.4, -0.2) is 9.97 Å². The first-order chi connectivity index (χ1) is 20.3. The molecule has 0 aliphatic carbocycles. The average molecular weight is 522 g/mol. The first-order valence-electron chi connectivity index (χ1n) is 13.9. The van der Waals surface area contributed by atoms with Crippen molar-refractivity contribution in [2.75, 3.05) is 4.90 Å². The van der Waals surface area contributed by atoms with Crippen LogP contribution in [0.3, 0.4) is 0 Å². The Bertz CT molecular complexity index is 2330. The molecule has 0 N–H and O–H groups in total. The standard InChI is InChI=1S/C38H23N3/c1-2-11-27-23-28(20-19-24(27)9-1)36-38(40-33-17-6-5-16-32(33)39-36)41-34-18-8-13-26-12-7-15-30(35(26)34)31-22-21-25-10-3-4-14-29(25)37(31)41/h1-23H. The Morgan fingerprint density at radius 2 is 1.15 bits per heavy atom. The zero-order valence-electron chi connectivity index (χ0n) is 22.1. The fraction of sp³-hybridized carbons (Fsp3) is 0. The van der Waals surface area contributed by atoms with Crippen LogP contribution in [0.4, 0.5) is 17.2 Å². The Labute approximate surface area is 237 Å². The molecule has 0 saturated carbocycles. The molecule has 0 saturated heterocycles. The lowest BCUT2D eigenvalue weighted by molar-refractivity contribution is 1.18. The predicted molar refractivity (Wildman–Crippen MR) is 171 cm³/mol. The first kappa shape index (κ1) is 22.3. The summed E-state index contributed by atoms with van der Waals surface area (Å²) in [6.45, 7) is 0. The van der Waals surface area contributed by atoms with Crippen molar-refractivity contribution in [1.82, 2.24) is 9.97 Å². The summed E-state index contributed by atoms with van der Waals surface area (Å²) in [5.74, 6) is 0.832. The molecule has 0 bridgehead atoms. The molecule has 190 valence electrons. The van der Waals surface area contributed by atoms with Crippen molar-refractivity contribution in [2.24, 2.45) is 0 Å². The number of para-hydroxylation sites is 2. The van der Waals surface area contributed by atoms with E-state index in [1.165, 1.54) is 43.4 Å². The van der Waals surface area contributed by atoms with Gasteiger partial charge in [0, 0.05) is 21.9 Å². The molecule has 7 aromatic carbocycles. The van der Waals surface area contributed by atoms with E-state index in [0.717, 1.165) is 39.5 Å². The predicted octanol–water partition coefficient (Wildman–Crippen LogP) is 10.2. The Morgan fingerprint density at radius 1 is 0.463 bits per heavy atom. The molecular formula is C38H23N3. The molecular weight excluding hydrogens is 498 g/mol. The van der Waals surface area contributed by atoms with Gasteiger partial charge in [-0.05, 0) is 51.4 Å². The molecule has 0 atom stereocenters. The molecule has 0 radical (unpaired) electrons. The summed E-state index contributed by atoms with van der Waals surface area (Å²) in [5.41, 5.74) is 8.38. The van der Waals surface area contributed by atoms with Crippen LogP contribution in [0, 0.1) is 0 Å². The molecule has 0 fully saturated rings. The van der Waals surface area contributed by atoms with E-state index in [0.29, 0.717) is 0 Å². The largest absolute Gasteiger partial charge is 0.291 e. The molecule has 9 rings (SSSR count). The summed E-state index contributed by atoms with van der Waals surface area (Å²) in [6, 6.07) is 49.5. The third kappa shape index (κ3) is 3.26. The normalized spacial score (nSPS) is 12.3. The Kier molecular flexibility index (Phi) is 4.61. The van der Waals surface area contributed by atoms with Crippen molar-refractivity contribution in [2.45, 2.75) is 0 Å². The summed E-state index contributed by atoms with van der Waals surface area (Å²) < 4.78 is 0. The number of aromatic nitrogens is 2. The number of rotatable bonds is 2. The lowest BCUT2D eigenvalue weighted by atomic mass is 9.88. The van der Waals surface area contributed by atoms with Gasteiger partial charge in [0.05, 0.1) is 22.4 Å². The van der Waals surface area contributed by atoms with Gasteiger partial charge < -0.3 is 0 Å². The highest BCUT2D eigenvalue weighted by molar-refractivity contribution is 6.19. The highest BCUT2D eigenvalue weighted by Gasteiger charge is 2.30. The van der Waals surface area contributed by atoms with E-state index in [9.17, 15) is 0 Å². The highest BCUT2D eigenvalue weighted by Crippen LogP contribution is 2.54. The van der Waals surface area contributed by atoms with E-state index < -0.39 is 0 Å². The Morgan fingerprint density at radius 3 is 2.02 bits per heavy atom. The van der Waals surface area contributed by atoms with E-state index in [4.69, 9.17) is 9.97 Å². The van der Waals surface area contributed by atoms with Gasteiger partial charge >= 0.3 is 0 Å². The highest BCUT2D eigenvalue weighted by atomic mass is 15.2. The van der Waals surface area contributed by atoms with Crippen LogP contribution < -0.4 is 4.90 Å². The van der Waals surface area contributed by atoms with Gasteiger partial charge in [-0.15, -0.1) is 0 Å². The molecule has 1 aliphatic heterocycles. The topological polar surface area (TPSA) is 29.0 Å². The number of fused-ring (bicyclic) bond motifs is 6. The molecule has 1 aliphatic rings. The fourth-order valence-corrected chi connectivity index (χ4v) is 6.46. The van der Waals surface area contributed by atoms with Crippen LogP contribution in [0.15, 0.2) is 140 Å². The summed E-state index contributed by atoms with van der Waals surface area (Å²) >= 11 is 0. The zero-order valence-corrected chi connectivity index (χ0v) is 22.1. The lowest BCUT2D eigenvalue weighted by Gasteiger charge is -2.34. The minimum atomic E-state index is 0.832. The van der Waals surface area contributed by atoms with Gasteiger partial charge in [-0.1, -0.05) is 115 Å². The molecule has 3 heteroatoms. The molecule has 2 heterocycles. The maximum absolute atomic E-state index is 5.38. The van der Waals surface area contributed by atoms with E-state index in [1.54, 1.807) is 0 Å². The van der Waals surface area contributed by atoms with Crippen LogP contribution in [0.2, 0.25) is 0 Å². The summed E-state index contributed by atoms with van der Waals surface area (Å²) in [4.78, 5) is 13.0. The minimum absolute atomic E-state index is 0.832. The Hall–Kier alpha value is -5.54. The van der Waals surface area contributed by atoms with Crippen LogP contribution in [0.25, 0.3) is 65.7 Å². The van der Waals surface area contributed by atoms with E-state index in [2.05, 4.69) is 126 Å². The molecule has 0 amide bonds. The third-order valence-corrected chi connectivity index (χ3v) is 8.32. The van der Waals surface area contributed by atoms with Gasteiger partial charge in [0.2, 0.25) is 0 Å². The van der Waals surface area contributed by atoms with Gasteiger partial charge in [-0.2, -0.15) is 0 Å². The maximum Gasteiger partial charge on any atom is 0.165 e. The number of hydrogen-bond donors (Lipinski definition) is 0. The monoisotopic (exact) mass is 521 g/mol. The third-order valence-electron chi connectivity index (χ3n) is 8.32. The molecule has 0 unspecified atom stereocenters. The first-order valence-corrected chi connectivity index (χ1v) is 13.9. The van der Waals surface area contributed by atoms with E-state index in [-0.39, 0.29) is 0 Å². The minimum Gasteiger partial charge on any atom is -0.291 e. The van der Waals surface area contributed by atoms with Crippen molar-refractivity contribution in [3.8, 4) is 22.4 Å². The average Bonchev–Trinajstić information content (AvgIpc) is 3.04. The van der Waals surface area contributed by atoms with E-state index in [1.807, 2.05) is 18.2 Å². The molecule has 0 spiro atoms. The quantitative estimate of drug-likeness (QED) is 0.227. The lowest BCUT2D eigenvalue weighted by Crippen LogP contribution is -2.18. The van der Waals surface area contributed by atoms with Gasteiger partial charge in [0.1, 0.15) is 5.69 Å². The summed E-state index contributed by atoms with van der Waals surface area (Å²) in [5, 5.41) is 7.23. The van der Waals surface area contributed by atoms with Gasteiger partial charge in [-0.25, -0.2) is 9.97 Å². The van der Waals surface area contributed by atoms with Crippen LogP contribution in [0.1, 0.15) is 0 Å². The van der Waals surface area contributed by atoms with Crippen LogP contribution >= 0.6 is 0 Å². The second-order valence-electron chi connectivity index (χ2n) is 10.6.